The van der Waals surface area contributed by atoms with Gasteiger partial charge in [-0.05, 0) is 55.0 Å². The summed E-state index contributed by atoms with van der Waals surface area (Å²) in [6, 6.07) is 6.99. The number of hydrogen-bond acceptors (Lipinski definition) is 1. The van der Waals surface area contributed by atoms with E-state index < -0.39 is 0 Å². The van der Waals surface area contributed by atoms with Crippen LogP contribution in [0.5, 0.6) is 0 Å². The van der Waals surface area contributed by atoms with Crippen LogP contribution in [0.4, 0.5) is 0 Å². The third kappa shape index (κ3) is 6.92. The molecule has 0 atom stereocenters. The molecule has 0 aliphatic rings. The van der Waals surface area contributed by atoms with Gasteiger partial charge in [-0.25, -0.2) is 0 Å². The monoisotopic (exact) mass is 389 g/mol. The van der Waals surface area contributed by atoms with E-state index in [2.05, 4.69) is 83.1 Å². The molecule has 1 aromatic rings. The maximum absolute atomic E-state index is 3.64. The van der Waals surface area contributed by atoms with Gasteiger partial charge in [-0.15, -0.1) is 0 Å². The molecule has 0 aliphatic carbocycles. The van der Waals surface area contributed by atoms with Crippen LogP contribution in [0.3, 0.4) is 0 Å². The van der Waals surface area contributed by atoms with Gasteiger partial charge in [-0.1, -0.05) is 59.6 Å². The Labute approximate surface area is 134 Å². The molecule has 0 radical (unpaired) electrons. The highest BCUT2D eigenvalue weighted by Crippen LogP contribution is 2.30. The number of aryl methyl sites for hydroxylation is 1. The van der Waals surface area contributed by atoms with E-state index in [1.165, 1.54) is 22.9 Å². The van der Waals surface area contributed by atoms with Crippen molar-refractivity contribution in [2.24, 2.45) is 5.41 Å². The number of nitrogens with one attached hydrogen (secondary N) is 1. The van der Waals surface area contributed by atoms with E-state index in [4.69, 9.17) is 0 Å². The van der Waals surface area contributed by atoms with Crippen LogP contribution in [0.25, 0.3) is 0 Å². The molecule has 0 aromatic heterocycles. The lowest BCUT2D eigenvalue weighted by atomic mass is 9.83. The molecule has 0 fully saturated rings. The molecule has 0 amide bonds. The van der Waals surface area contributed by atoms with Crippen molar-refractivity contribution in [3.8, 4) is 0 Å². The summed E-state index contributed by atoms with van der Waals surface area (Å²) in [6.45, 7) is 10.2. The minimum Gasteiger partial charge on any atom is -0.315 e. The molecular weight excluding hydrogens is 366 g/mol. The Morgan fingerprint density at radius 3 is 2.47 bits per heavy atom. The molecule has 0 saturated heterocycles. The van der Waals surface area contributed by atoms with Crippen LogP contribution in [0.2, 0.25) is 0 Å². The van der Waals surface area contributed by atoms with Crippen molar-refractivity contribution in [3.63, 3.8) is 0 Å². The molecular formula is C16H25Br2N. The van der Waals surface area contributed by atoms with Crippen LogP contribution in [0.1, 0.15) is 46.1 Å². The summed E-state index contributed by atoms with van der Waals surface area (Å²) < 4.78 is 2.37. The van der Waals surface area contributed by atoms with Gasteiger partial charge in [0.25, 0.3) is 0 Å². The predicted octanol–water partition coefficient (Wildman–Crippen LogP) is 5.56. The highest BCUT2D eigenvalue weighted by Gasteiger charge is 2.18. The summed E-state index contributed by atoms with van der Waals surface area (Å²) in [4.78, 5) is 0. The average Bonchev–Trinajstić information content (AvgIpc) is 2.30. The zero-order chi connectivity index (χ0) is 14.5. The number of benzene rings is 1. The summed E-state index contributed by atoms with van der Waals surface area (Å²) in [6.07, 6.45) is 3.55. The van der Waals surface area contributed by atoms with Crippen molar-refractivity contribution in [1.82, 2.24) is 5.32 Å². The normalized spacial score (nSPS) is 12.2. The van der Waals surface area contributed by atoms with Crippen molar-refractivity contribution in [1.29, 1.82) is 0 Å². The van der Waals surface area contributed by atoms with Crippen molar-refractivity contribution >= 4 is 31.9 Å². The van der Waals surface area contributed by atoms with E-state index >= 15 is 0 Å². The fraction of sp³-hybridized carbons (Fsp3) is 0.625. The Kier molecular flexibility index (Phi) is 7.06. The number of hydrogen-bond donors (Lipinski definition) is 1. The molecule has 19 heavy (non-hydrogen) atoms. The van der Waals surface area contributed by atoms with Gasteiger partial charge >= 0.3 is 0 Å². The van der Waals surface area contributed by atoms with Crippen molar-refractivity contribution in [2.75, 3.05) is 6.54 Å². The van der Waals surface area contributed by atoms with Crippen LogP contribution in [0, 0.1) is 5.41 Å². The lowest BCUT2D eigenvalue weighted by Crippen LogP contribution is -2.28. The van der Waals surface area contributed by atoms with Crippen molar-refractivity contribution in [2.45, 2.75) is 53.0 Å². The second kappa shape index (κ2) is 7.80. The molecule has 0 bridgehead atoms. The molecule has 0 heterocycles. The minimum absolute atomic E-state index is 0.379. The van der Waals surface area contributed by atoms with E-state index in [0.29, 0.717) is 11.5 Å². The largest absolute Gasteiger partial charge is 0.315 e. The van der Waals surface area contributed by atoms with Crippen LogP contribution in [-0.4, -0.2) is 12.6 Å². The van der Waals surface area contributed by atoms with Gasteiger partial charge in [0.1, 0.15) is 0 Å². The second-order valence-electron chi connectivity index (χ2n) is 6.26. The third-order valence-corrected chi connectivity index (χ3v) is 4.70. The Bertz CT molecular complexity index is 400. The molecule has 0 spiro atoms. The molecule has 0 aliphatic heterocycles. The highest BCUT2D eigenvalue weighted by molar-refractivity contribution is 9.11. The Hall–Kier alpha value is 0.140. The Balaban J connectivity index is 2.47. The van der Waals surface area contributed by atoms with Gasteiger partial charge < -0.3 is 5.32 Å². The third-order valence-electron chi connectivity index (χ3n) is 3.43. The second-order valence-corrected chi connectivity index (χ2v) is 8.03. The maximum Gasteiger partial charge on any atom is 0.0208 e. The fourth-order valence-corrected chi connectivity index (χ4v) is 2.89. The van der Waals surface area contributed by atoms with Gasteiger partial charge in [0.15, 0.2) is 0 Å². The molecule has 108 valence electrons. The Morgan fingerprint density at radius 2 is 1.84 bits per heavy atom. The quantitative estimate of drug-likeness (QED) is 0.642. The summed E-state index contributed by atoms with van der Waals surface area (Å²) >= 11 is 7.18. The first-order valence-electron chi connectivity index (χ1n) is 6.97. The zero-order valence-corrected chi connectivity index (χ0v) is 15.6. The first kappa shape index (κ1) is 17.2. The van der Waals surface area contributed by atoms with E-state index in [-0.39, 0.29) is 0 Å². The van der Waals surface area contributed by atoms with Crippen molar-refractivity contribution in [3.05, 3.63) is 32.7 Å². The first-order valence-corrected chi connectivity index (χ1v) is 8.56. The molecule has 3 heteroatoms. The topological polar surface area (TPSA) is 12.0 Å². The maximum atomic E-state index is 3.64. The minimum atomic E-state index is 0.379. The molecule has 1 nitrogen and oxygen atoms in total. The number of halogens is 2. The van der Waals surface area contributed by atoms with Crippen LogP contribution >= 0.6 is 31.9 Å². The van der Waals surface area contributed by atoms with Gasteiger partial charge in [-0.2, -0.15) is 0 Å². The van der Waals surface area contributed by atoms with Gasteiger partial charge in [0.05, 0.1) is 0 Å². The Morgan fingerprint density at radius 1 is 1.16 bits per heavy atom. The van der Waals surface area contributed by atoms with Crippen molar-refractivity contribution < 1.29 is 0 Å². The molecule has 1 rings (SSSR count). The standard InChI is InChI=1S/C16H25Br2N/c1-12(2)19-10-9-16(3,4)8-7-13-11-14(17)5-6-15(13)18/h5-6,11-12,19H,7-10H2,1-4H3. The summed E-state index contributed by atoms with van der Waals surface area (Å²) in [7, 11) is 0. The summed E-state index contributed by atoms with van der Waals surface area (Å²) in [5.74, 6) is 0. The average molecular weight is 391 g/mol. The van der Waals surface area contributed by atoms with Gasteiger partial charge in [-0.3, -0.25) is 0 Å². The van der Waals surface area contributed by atoms with E-state index in [9.17, 15) is 0 Å². The summed E-state index contributed by atoms with van der Waals surface area (Å²) in [5, 5.41) is 3.50. The van der Waals surface area contributed by atoms with Gasteiger partial charge in [0.2, 0.25) is 0 Å². The van der Waals surface area contributed by atoms with Crippen LogP contribution in [-0.2, 0) is 6.42 Å². The van der Waals surface area contributed by atoms with E-state index in [1.807, 2.05) is 0 Å². The van der Waals surface area contributed by atoms with E-state index in [0.717, 1.165) is 17.4 Å². The first-order chi connectivity index (χ1) is 8.80. The van der Waals surface area contributed by atoms with Crippen LogP contribution in [0.15, 0.2) is 27.1 Å². The molecule has 1 N–H and O–H groups in total. The lowest BCUT2D eigenvalue weighted by Gasteiger charge is -2.25. The smallest absolute Gasteiger partial charge is 0.0208 e. The molecule has 0 saturated carbocycles. The molecule has 0 unspecified atom stereocenters. The fourth-order valence-electron chi connectivity index (χ4n) is 2.03. The van der Waals surface area contributed by atoms with Gasteiger partial charge in [0, 0.05) is 15.0 Å². The van der Waals surface area contributed by atoms with Crippen LogP contribution < -0.4 is 5.32 Å². The molecule has 1 aromatic carbocycles. The summed E-state index contributed by atoms with van der Waals surface area (Å²) in [5.41, 5.74) is 1.77. The lowest BCUT2D eigenvalue weighted by molar-refractivity contribution is 0.298. The predicted molar refractivity (Wildman–Crippen MR) is 91.7 cm³/mol. The highest BCUT2D eigenvalue weighted by atomic mass is 79.9. The zero-order valence-electron chi connectivity index (χ0n) is 12.4. The SMILES string of the molecule is CC(C)NCCC(C)(C)CCc1cc(Br)ccc1Br. The van der Waals surface area contributed by atoms with E-state index in [1.54, 1.807) is 0 Å². The number of rotatable bonds is 7.